The van der Waals surface area contributed by atoms with Gasteiger partial charge in [-0.15, -0.1) is 0 Å². The number of nitrogen functional groups attached to an aromatic ring is 1. The molecule has 96 valence electrons. The van der Waals surface area contributed by atoms with Crippen LogP contribution in [0.2, 0.25) is 0 Å². The smallest absolute Gasteiger partial charge is 0.399 e. The lowest BCUT2D eigenvalue weighted by Crippen LogP contribution is -2.25. The molecule has 1 aromatic carbocycles. The molecule has 0 amide bonds. The zero-order chi connectivity index (χ0) is 12.9. The highest BCUT2D eigenvalue weighted by Crippen LogP contribution is 2.36. The zero-order valence-corrected chi connectivity index (χ0v) is 9.33. The molecule has 6 heteroatoms. The van der Waals surface area contributed by atoms with E-state index >= 15 is 0 Å². The summed E-state index contributed by atoms with van der Waals surface area (Å²) in [5.74, 6) is 0. The van der Waals surface area contributed by atoms with E-state index < -0.39 is 12.3 Å². The lowest BCUT2D eigenvalue weighted by molar-refractivity contribution is -0.226. The van der Waals surface area contributed by atoms with E-state index in [1.165, 1.54) is 31.4 Å². The molecule has 0 aliphatic carbocycles. The molecule has 1 unspecified atom stereocenters. The molecule has 0 aliphatic rings. The minimum absolute atomic E-state index is 0.00592. The molecule has 1 atom stereocenters. The number of nitrogens with two attached hydrogens (primary N) is 1. The molecule has 0 saturated carbocycles. The van der Waals surface area contributed by atoms with Gasteiger partial charge >= 0.3 is 6.18 Å². The maximum atomic E-state index is 12.8. The molecule has 1 aromatic rings. The number of halogens is 3. The van der Waals surface area contributed by atoms with Gasteiger partial charge in [0.05, 0.1) is 13.2 Å². The summed E-state index contributed by atoms with van der Waals surface area (Å²) in [6.07, 6.45) is -6.44. The summed E-state index contributed by atoms with van der Waals surface area (Å²) in [7, 11) is 1.40. The minimum Gasteiger partial charge on any atom is -0.399 e. The molecular weight excluding hydrogens is 235 g/mol. The number of methoxy groups -OCH3 is 1. The van der Waals surface area contributed by atoms with Crippen LogP contribution in [0, 0.1) is 0 Å². The van der Waals surface area contributed by atoms with Crippen molar-refractivity contribution in [3.8, 4) is 0 Å². The highest BCUT2D eigenvalue weighted by Gasteiger charge is 2.41. The molecule has 0 spiro atoms. The highest BCUT2D eigenvalue weighted by molar-refractivity contribution is 5.41. The van der Waals surface area contributed by atoms with Crippen LogP contribution >= 0.6 is 0 Å². The van der Waals surface area contributed by atoms with Crippen molar-refractivity contribution in [2.75, 3.05) is 26.1 Å². The number of rotatable bonds is 5. The summed E-state index contributed by atoms with van der Waals surface area (Å²) in [6.45, 7) is -0.0234. The van der Waals surface area contributed by atoms with E-state index in [0.29, 0.717) is 0 Å². The van der Waals surface area contributed by atoms with Crippen LogP contribution < -0.4 is 5.73 Å². The van der Waals surface area contributed by atoms with Gasteiger partial charge < -0.3 is 15.2 Å². The quantitative estimate of drug-likeness (QED) is 0.644. The van der Waals surface area contributed by atoms with Crippen LogP contribution in [0.25, 0.3) is 0 Å². The van der Waals surface area contributed by atoms with Gasteiger partial charge in [-0.1, -0.05) is 12.1 Å². The van der Waals surface area contributed by atoms with E-state index in [-0.39, 0.29) is 24.5 Å². The first kappa shape index (κ1) is 13.8. The molecule has 0 radical (unpaired) electrons. The third-order valence-electron chi connectivity index (χ3n) is 2.08. The van der Waals surface area contributed by atoms with Gasteiger partial charge in [-0.25, -0.2) is 0 Å². The number of benzene rings is 1. The first-order valence-corrected chi connectivity index (χ1v) is 4.98. The van der Waals surface area contributed by atoms with Crippen molar-refractivity contribution in [3.05, 3.63) is 29.8 Å². The van der Waals surface area contributed by atoms with E-state index in [4.69, 9.17) is 10.5 Å². The Balaban J connectivity index is 2.83. The van der Waals surface area contributed by atoms with E-state index in [2.05, 4.69) is 4.74 Å². The number of hydrogen-bond acceptors (Lipinski definition) is 3. The van der Waals surface area contributed by atoms with Gasteiger partial charge in [-0.2, -0.15) is 13.2 Å². The van der Waals surface area contributed by atoms with Gasteiger partial charge in [0.1, 0.15) is 0 Å². The Morgan fingerprint density at radius 2 is 2.00 bits per heavy atom. The van der Waals surface area contributed by atoms with E-state index in [1.807, 2.05) is 0 Å². The normalized spacial score (nSPS) is 13.6. The SMILES string of the molecule is COCCOC(c1cccc(N)c1)C(F)(F)F. The third-order valence-corrected chi connectivity index (χ3v) is 2.08. The molecule has 0 heterocycles. The van der Waals surface area contributed by atoms with E-state index in [9.17, 15) is 13.2 Å². The molecule has 2 N–H and O–H groups in total. The van der Waals surface area contributed by atoms with Crippen LogP contribution in [0.5, 0.6) is 0 Å². The average molecular weight is 249 g/mol. The maximum Gasteiger partial charge on any atom is 0.418 e. The van der Waals surface area contributed by atoms with Crippen LogP contribution in [-0.4, -0.2) is 26.5 Å². The van der Waals surface area contributed by atoms with Crippen LogP contribution in [0.3, 0.4) is 0 Å². The molecule has 1 rings (SSSR count). The van der Waals surface area contributed by atoms with Crippen LogP contribution in [0.15, 0.2) is 24.3 Å². The molecule has 0 aromatic heterocycles. The van der Waals surface area contributed by atoms with Gasteiger partial charge in [-0.3, -0.25) is 0 Å². The molecule has 0 saturated heterocycles. The predicted octanol–water partition coefficient (Wildman–Crippen LogP) is 2.54. The molecule has 3 nitrogen and oxygen atoms in total. The summed E-state index contributed by atoms with van der Waals surface area (Å²) < 4.78 is 47.7. The first-order valence-electron chi connectivity index (χ1n) is 4.98. The standard InChI is InChI=1S/C11H14F3NO2/c1-16-5-6-17-10(11(12,13)14)8-3-2-4-9(15)7-8/h2-4,7,10H,5-6,15H2,1H3. The fourth-order valence-corrected chi connectivity index (χ4v) is 1.35. The molecule has 0 aliphatic heterocycles. The molecule has 17 heavy (non-hydrogen) atoms. The lowest BCUT2D eigenvalue weighted by Gasteiger charge is -2.21. The fraction of sp³-hybridized carbons (Fsp3) is 0.455. The van der Waals surface area contributed by atoms with Crippen molar-refractivity contribution < 1.29 is 22.6 Å². The maximum absolute atomic E-state index is 12.8. The monoisotopic (exact) mass is 249 g/mol. The lowest BCUT2D eigenvalue weighted by atomic mass is 10.1. The number of alkyl halides is 3. The van der Waals surface area contributed by atoms with Crippen LogP contribution in [-0.2, 0) is 9.47 Å². The van der Waals surface area contributed by atoms with Crippen LogP contribution in [0.4, 0.5) is 18.9 Å². The minimum atomic E-state index is -4.47. The summed E-state index contributed by atoms with van der Waals surface area (Å²) in [4.78, 5) is 0. The second-order valence-corrected chi connectivity index (χ2v) is 3.46. The largest absolute Gasteiger partial charge is 0.418 e. The van der Waals surface area contributed by atoms with E-state index in [0.717, 1.165) is 0 Å². The number of hydrogen-bond donors (Lipinski definition) is 1. The van der Waals surface area contributed by atoms with Crippen molar-refractivity contribution >= 4 is 5.69 Å². The Morgan fingerprint density at radius 3 is 2.53 bits per heavy atom. The summed E-state index contributed by atoms with van der Waals surface area (Å²) in [5, 5.41) is 0. The predicted molar refractivity (Wildman–Crippen MR) is 57.5 cm³/mol. The molecule has 0 fully saturated rings. The third kappa shape index (κ3) is 4.24. The van der Waals surface area contributed by atoms with Crippen molar-refractivity contribution in [2.45, 2.75) is 12.3 Å². The van der Waals surface area contributed by atoms with Crippen molar-refractivity contribution in [2.24, 2.45) is 0 Å². The Morgan fingerprint density at radius 1 is 1.29 bits per heavy atom. The van der Waals surface area contributed by atoms with E-state index in [1.54, 1.807) is 0 Å². The van der Waals surface area contributed by atoms with Gasteiger partial charge in [0, 0.05) is 12.8 Å². The number of anilines is 1. The topological polar surface area (TPSA) is 44.5 Å². The second kappa shape index (κ2) is 5.88. The molecule has 0 bridgehead atoms. The zero-order valence-electron chi connectivity index (χ0n) is 9.33. The summed E-state index contributed by atoms with van der Waals surface area (Å²) in [5.41, 5.74) is 5.71. The van der Waals surface area contributed by atoms with Gasteiger partial charge in [0.2, 0.25) is 0 Å². The fourth-order valence-electron chi connectivity index (χ4n) is 1.35. The van der Waals surface area contributed by atoms with Crippen molar-refractivity contribution in [3.63, 3.8) is 0 Å². The summed E-state index contributed by atoms with van der Waals surface area (Å²) in [6, 6.07) is 5.57. The Hall–Kier alpha value is -1.27. The second-order valence-electron chi connectivity index (χ2n) is 3.46. The van der Waals surface area contributed by atoms with Crippen LogP contribution in [0.1, 0.15) is 11.7 Å². The van der Waals surface area contributed by atoms with Gasteiger partial charge in [0.15, 0.2) is 6.10 Å². The van der Waals surface area contributed by atoms with Crippen molar-refractivity contribution in [1.82, 2.24) is 0 Å². The highest BCUT2D eigenvalue weighted by atomic mass is 19.4. The Bertz CT molecular complexity index is 355. The van der Waals surface area contributed by atoms with Gasteiger partial charge in [-0.05, 0) is 17.7 Å². The van der Waals surface area contributed by atoms with Crippen molar-refractivity contribution in [1.29, 1.82) is 0 Å². The molecular formula is C11H14F3NO2. The number of ether oxygens (including phenoxy) is 2. The summed E-state index contributed by atoms with van der Waals surface area (Å²) >= 11 is 0. The Labute approximate surface area is 97.3 Å². The average Bonchev–Trinajstić information content (AvgIpc) is 2.22. The Kier molecular flexibility index (Phi) is 4.77. The van der Waals surface area contributed by atoms with Gasteiger partial charge in [0.25, 0.3) is 0 Å². The first-order chi connectivity index (χ1) is 7.95.